The lowest BCUT2D eigenvalue weighted by Gasteiger charge is -2.12. The molecular weight excluding hydrogens is 457 g/mol. The zero-order valence-electron chi connectivity index (χ0n) is 16.3. The van der Waals surface area contributed by atoms with Gasteiger partial charge in [0.15, 0.2) is 17.5 Å². The molecule has 0 amide bonds. The summed E-state index contributed by atoms with van der Waals surface area (Å²) in [6, 6.07) is 7.84. The topological polar surface area (TPSA) is 72.7 Å². The standard InChI is InChI=1S/C19H29N5O2.HI/c1-4-20-19(21-10-6-12-24-13-7-11-23-24)22-15-16-8-9-17(26-5-2)18(14-16)25-3;/h7-9,11,13-14H,4-6,10,12,15H2,1-3H3,(H2,20,21,22);1H. The fourth-order valence-electron chi connectivity index (χ4n) is 2.48. The van der Waals surface area contributed by atoms with E-state index in [-0.39, 0.29) is 24.0 Å². The summed E-state index contributed by atoms with van der Waals surface area (Å²) < 4.78 is 12.9. The third kappa shape index (κ3) is 8.06. The van der Waals surface area contributed by atoms with Gasteiger partial charge in [-0.15, -0.1) is 24.0 Å². The SMILES string of the molecule is CCNC(=NCc1ccc(OCC)c(OC)c1)NCCCn1cccn1.I. The molecule has 0 radical (unpaired) electrons. The first kappa shape index (κ1) is 23.1. The number of guanidine groups is 1. The monoisotopic (exact) mass is 487 g/mol. The molecule has 27 heavy (non-hydrogen) atoms. The summed E-state index contributed by atoms with van der Waals surface area (Å²) in [7, 11) is 1.65. The normalized spacial score (nSPS) is 10.9. The van der Waals surface area contributed by atoms with E-state index in [4.69, 9.17) is 9.47 Å². The Kier molecular flexibility index (Phi) is 11.3. The van der Waals surface area contributed by atoms with Gasteiger partial charge in [-0.1, -0.05) is 6.07 Å². The molecule has 0 saturated carbocycles. The van der Waals surface area contributed by atoms with Crippen molar-refractivity contribution in [3.05, 3.63) is 42.2 Å². The van der Waals surface area contributed by atoms with Crippen molar-refractivity contribution in [1.29, 1.82) is 0 Å². The van der Waals surface area contributed by atoms with Crippen LogP contribution in [0.4, 0.5) is 0 Å². The van der Waals surface area contributed by atoms with Crippen LogP contribution in [0.5, 0.6) is 11.5 Å². The third-order valence-corrected chi connectivity index (χ3v) is 3.71. The van der Waals surface area contributed by atoms with E-state index in [0.29, 0.717) is 13.2 Å². The maximum Gasteiger partial charge on any atom is 0.191 e. The number of aromatic nitrogens is 2. The first-order chi connectivity index (χ1) is 12.8. The van der Waals surface area contributed by atoms with E-state index in [1.165, 1.54) is 0 Å². The maximum absolute atomic E-state index is 5.55. The van der Waals surface area contributed by atoms with E-state index in [2.05, 4.69) is 27.6 Å². The lowest BCUT2D eigenvalue weighted by atomic mass is 10.2. The molecule has 2 aromatic rings. The molecule has 7 nitrogen and oxygen atoms in total. The number of methoxy groups -OCH3 is 1. The van der Waals surface area contributed by atoms with Crippen molar-refractivity contribution in [3.8, 4) is 11.5 Å². The van der Waals surface area contributed by atoms with Crippen LogP contribution in [-0.4, -0.2) is 42.5 Å². The highest BCUT2D eigenvalue weighted by Crippen LogP contribution is 2.28. The minimum atomic E-state index is 0. The molecule has 0 bridgehead atoms. The van der Waals surface area contributed by atoms with Gasteiger partial charge in [0.1, 0.15) is 0 Å². The predicted octanol–water partition coefficient (Wildman–Crippen LogP) is 3.05. The Balaban J connectivity index is 0.00000364. The Morgan fingerprint density at radius 2 is 2.07 bits per heavy atom. The molecule has 0 aliphatic rings. The first-order valence-electron chi connectivity index (χ1n) is 9.06. The number of benzene rings is 1. The Bertz CT molecular complexity index is 677. The molecule has 150 valence electrons. The fraction of sp³-hybridized carbons (Fsp3) is 0.474. The first-order valence-corrected chi connectivity index (χ1v) is 9.06. The van der Waals surface area contributed by atoms with Crippen molar-refractivity contribution in [2.75, 3.05) is 26.8 Å². The predicted molar refractivity (Wildman–Crippen MR) is 119 cm³/mol. The van der Waals surface area contributed by atoms with Gasteiger partial charge >= 0.3 is 0 Å². The molecule has 1 aromatic carbocycles. The van der Waals surface area contributed by atoms with Crippen molar-refractivity contribution in [3.63, 3.8) is 0 Å². The number of rotatable bonds is 10. The van der Waals surface area contributed by atoms with E-state index < -0.39 is 0 Å². The third-order valence-electron chi connectivity index (χ3n) is 3.71. The summed E-state index contributed by atoms with van der Waals surface area (Å²) in [5, 5.41) is 10.8. The van der Waals surface area contributed by atoms with Gasteiger partial charge in [0.05, 0.1) is 20.3 Å². The second-order valence-corrected chi connectivity index (χ2v) is 5.66. The van der Waals surface area contributed by atoms with Gasteiger partial charge in [0.25, 0.3) is 0 Å². The average molecular weight is 487 g/mol. The number of aryl methyl sites for hydroxylation is 1. The molecule has 0 aliphatic carbocycles. The zero-order chi connectivity index (χ0) is 18.6. The highest BCUT2D eigenvalue weighted by molar-refractivity contribution is 14.0. The summed E-state index contributed by atoms with van der Waals surface area (Å²) in [4.78, 5) is 4.64. The average Bonchev–Trinajstić information content (AvgIpc) is 3.17. The molecule has 0 aliphatic heterocycles. The number of hydrogen-bond acceptors (Lipinski definition) is 4. The largest absolute Gasteiger partial charge is 0.493 e. The van der Waals surface area contributed by atoms with Crippen LogP contribution in [0.25, 0.3) is 0 Å². The van der Waals surface area contributed by atoms with E-state index in [1.54, 1.807) is 13.3 Å². The Hall–Kier alpha value is -1.97. The number of aliphatic imine (C=N–C) groups is 1. The summed E-state index contributed by atoms with van der Waals surface area (Å²) in [6.07, 6.45) is 4.74. The van der Waals surface area contributed by atoms with Crippen molar-refractivity contribution >= 4 is 29.9 Å². The van der Waals surface area contributed by atoms with E-state index in [1.807, 2.05) is 42.1 Å². The second kappa shape index (κ2) is 13.2. The number of nitrogens with one attached hydrogen (secondary N) is 2. The fourth-order valence-corrected chi connectivity index (χ4v) is 2.48. The molecule has 1 heterocycles. The van der Waals surface area contributed by atoms with E-state index in [0.717, 1.165) is 49.1 Å². The molecular formula is C19H30IN5O2. The zero-order valence-corrected chi connectivity index (χ0v) is 18.6. The Labute approximate surface area is 178 Å². The second-order valence-electron chi connectivity index (χ2n) is 5.66. The summed E-state index contributed by atoms with van der Waals surface area (Å²) in [6.45, 7) is 7.72. The molecule has 2 rings (SSSR count). The van der Waals surface area contributed by atoms with Gasteiger partial charge < -0.3 is 20.1 Å². The van der Waals surface area contributed by atoms with Crippen LogP contribution in [0.2, 0.25) is 0 Å². The van der Waals surface area contributed by atoms with Crippen LogP contribution in [0.1, 0.15) is 25.8 Å². The van der Waals surface area contributed by atoms with Gasteiger partial charge in [0, 0.05) is 32.0 Å². The molecule has 0 fully saturated rings. The van der Waals surface area contributed by atoms with Gasteiger partial charge in [-0.3, -0.25) is 4.68 Å². The number of hydrogen-bond donors (Lipinski definition) is 2. The maximum atomic E-state index is 5.55. The molecule has 0 unspecified atom stereocenters. The highest BCUT2D eigenvalue weighted by Gasteiger charge is 2.05. The smallest absolute Gasteiger partial charge is 0.191 e. The Morgan fingerprint density at radius 1 is 1.22 bits per heavy atom. The van der Waals surface area contributed by atoms with Crippen LogP contribution in [0.15, 0.2) is 41.7 Å². The van der Waals surface area contributed by atoms with E-state index in [9.17, 15) is 0 Å². The number of nitrogens with zero attached hydrogens (tertiary/aromatic N) is 3. The number of ether oxygens (including phenoxy) is 2. The molecule has 0 saturated heterocycles. The molecule has 0 spiro atoms. The van der Waals surface area contributed by atoms with Gasteiger partial charge in [-0.2, -0.15) is 5.10 Å². The van der Waals surface area contributed by atoms with Crippen LogP contribution in [0, 0.1) is 0 Å². The van der Waals surface area contributed by atoms with Crippen LogP contribution in [0.3, 0.4) is 0 Å². The lowest BCUT2D eigenvalue weighted by Crippen LogP contribution is -2.38. The Morgan fingerprint density at radius 3 is 2.74 bits per heavy atom. The summed E-state index contributed by atoms with van der Waals surface area (Å²) in [5.41, 5.74) is 1.07. The molecule has 2 N–H and O–H groups in total. The van der Waals surface area contributed by atoms with Crippen molar-refractivity contribution in [2.45, 2.75) is 33.4 Å². The highest BCUT2D eigenvalue weighted by atomic mass is 127. The molecule has 8 heteroatoms. The van der Waals surface area contributed by atoms with Gasteiger partial charge in [-0.05, 0) is 44.0 Å². The van der Waals surface area contributed by atoms with Gasteiger partial charge in [-0.25, -0.2) is 4.99 Å². The minimum Gasteiger partial charge on any atom is -0.493 e. The molecule has 0 atom stereocenters. The lowest BCUT2D eigenvalue weighted by molar-refractivity contribution is 0.310. The molecule has 1 aromatic heterocycles. The van der Waals surface area contributed by atoms with Crippen molar-refractivity contribution in [2.24, 2.45) is 4.99 Å². The van der Waals surface area contributed by atoms with Crippen molar-refractivity contribution < 1.29 is 9.47 Å². The number of halogens is 1. The van der Waals surface area contributed by atoms with Crippen LogP contribution < -0.4 is 20.1 Å². The quantitative estimate of drug-likeness (QED) is 0.233. The summed E-state index contributed by atoms with van der Waals surface area (Å²) in [5.74, 6) is 2.30. The van der Waals surface area contributed by atoms with Crippen molar-refractivity contribution in [1.82, 2.24) is 20.4 Å². The van der Waals surface area contributed by atoms with E-state index >= 15 is 0 Å². The minimum absolute atomic E-state index is 0. The van der Waals surface area contributed by atoms with Crippen LogP contribution >= 0.6 is 24.0 Å². The summed E-state index contributed by atoms with van der Waals surface area (Å²) >= 11 is 0. The van der Waals surface area contributed by atoms with Gasteiger partial charge in [0.2, 0.25) is 0 Å². The van der Waals surface area contributed by atoms with Crippen LogP contribution in [-0.2, 0) is 13.1 Å².